The van der Waals surface area contributed by atoms with Gasteiger partial charge in [-0.05, 0) is 37.1 Å². The van der Waals surface area contributed by atoms with E-state index in [1.807, 2.05) is 55.5 Å². The van der Waals surface area contributed by atoms with E-state index in [4.69, 9.17) is 4.74 Å². The molecule has 2 rings (SSSR count). The van der Waals surface area contributed by atoms with Gasteiger partial charge in [0.1, 0.15) is 0 Å². The number of nitrogens with zero attached hydrogens (tertiary/aromatic N) is 1. The van der Waals surface area contributed by atoms with Crippen molar-refractivity contribution in [3.8, 4) is 6.07 Å². The Morgan fingerprint density at radius 2 is 1.65 bits per heavy atom. The molecule has 0 N–H and O–H groups in total. The molecule has 0 aliphatic heterocycles. The molecular formula is C19H18BrNO2. The third-order valence-electron chi connectivity index (χ3n) is 3.68. The van der Waals surface area contributed by atoms with Crippen LogP contribution >= 0.6 is 15.9 Å². The second kappa shape index (κ2) is 7.94. The number of ether oxygens (including phenoxy) is 1. The lowest BCUT2D eigenvalue weighted by atomic mass is 9.81. The fourth-order valence-corrected chi connectivity index (χ4v) is 2.78. The van der Waals surface area contributed by atoms with Crippen LogP contribution in [0.25, 0.3) is 0 Å². The molecule has 4 heteroatoms. The van der Waals surface area contributed by atoms with Gasteiger partial charge in [-0.25, -0.2) is 0 Å². The van der Waals surface area contributed by atoms with E-state index in [1.54, 1.807) is 6.92 Å². The maximum atomic E-state index is 12.2. The summed E-state index contributed by atoms with van der Waals surface area (Å²) < 4.78 is 6.05. The number of carbonyl (C=O) groups excluding carboxylic acids is 1. The van der Waals surface area contributed by atoms with Gasteiger partial charge < -0.3 is 4.74 Å². The van der Waals surface area contributed by atoms with E-state index in [0.29, 0.717) is 0 Å². The molecule has 0 saturated carbocycles. The summed E-state index contributed by atoms with van der Waals surface area (Å²) in [4.78, 5) is 12.2. The van der Waals surface area contributed by atoms with Gasteiger partial charge in [0.05, 0.1) is 12.7 Å². The second-order valence-corrected chi connectivity index (χ2v) is 6.21. The molecule has 0 spiro atoms. The Hall–Kier alpha value is -2.12. The standard InChI is InChI=1S/C19H18BrNO2/c1-3-23-19(22)17(12-21)18(14-6-4-13(2)5-7-14)15-8-10-16(20)11-9-15/h4-11,17-18H,3H2,1-2H3. The topological polar surface area (TPSA) is 50.1 Å². The van der Waals surface area contributed by atoms with E-state index < -0.39 is 11.9 Å². The highest BCUT2D eigenvalue weighted by molar-refractivity contribution is 9.10. The van der Waals surface area contributed by atoms with Gasteiger partial charge in [-0.3, -0.25) is 4.79 Å². The smallest absolute Gasteiger partial charge is 0.324 e. The van der Waals surface area contributed by atoms with Gasteiger partial charge in [0.15, 0.2) is 5.92 Å². The highest BCUT2D eigenvalue weighted by atomic mass is 79.9. The fourth-order valence-electron chi connectivity index (χ4n) is 2.52. The van der Waals surface area contributed by atoms with Gasteiger partial charge in [0.25, 0.3) is 0 Å². The number of benzene rings is 2. The van der Waals surface area contributed by atoms with Crippen molar-refractivity contribution in [2.24, 2.45) is 5.92 Å². The molecule has 0 amide bonds. The van der Waals surface area contributed by atoms with E-state index in [1.165, 1.54) is 0 Å². The second-order valence-electron chi connectivity index (χ2n) is 5.30. The minimum absolute atomic E-state index is 0.262. The molecule has 0 fully saturated rings. The Morgan fingerprint density at radius 1 is 1.13 bits per heavy atom. The number of halogens is 1. The number of hydrogen-bond donors (Lipinski definition) is 0. The number of aryl methyl sites for hydroxylation is 1. The van der Waals surface area contributed by atoms with Crippen molar-refractivity contribution in [1.82, 2.24) is 0 Å². The lowest BCUT2D eigenvalue weighted by Crippen LogP contribution is -2.24. The van der Waals surface area contributed by atoms with Crippen molar-refractivity contribution < 1.29 is 9.53 Å². The van der Waals surface area contributed by atoms with Crippen molar-refractivity contribution in [3.63, 3.8) is 0 Å². The average molecular weight is 372 g/mol. The molecule has 0 aliphatic rings. The molecule has 118 valence electrons. The summed E-state index contributed by atoms with van der Waals surface area (Å²) in [6.45, 7) is 4.01. The van der Waals surface area contributed by atoms with Crippen molar-refractivity contribution in [2.45, 2.75) is 19.8 Å². The van der Waals surface area contributed by atoms with Crippen molar-refractivity contribution >= 4 is 21.9 Å². The largest absolute Gasteiger partial charge is 0.465 e. The minimum atomic E-state index is -0.876. The molecule has 0 radical (unpaired) electrons. The third kappa shape index (κ3) is 4.20. The maximum Gasteiger partial charge on any atom is 0.324 e. The summed E-state index contributed by atoms with van der Waals surface area (Å²) in [5, 5.41) is 9.57. The molecule has 2 unspecified atom stereocenters. The summed E-state index contributed by atoms with van der Waals surface area (Å²) in [5.74, 6) is -1.71. The first-order valence-electron chi connectivity index (χ1n) is 7.45. The predicted molar refractivity (Wildman–Crippen MR) is 92.9 cm³/mol. The summed E-state index contributed by atoms with van der Waals surface area (Å²) in [6.07, 6.45) is 0. The Labute approximate surface area is 145 Å². The first kappa shape index (κ1) is 17.2. The summed E-state index contributed by atoms with van der Waals surface area (Å²) >= 11 is 3.41. The van der Waals surface area contributed by atoms with Crippen LogP contribution in [0.1, 0.15) is 29.5 Å². The lowest BCUT2D eigenvalue weighted by molar-refractivity contribution is -0.146. The van der Waals surface area contributed by atoms with Crippen molar-refractivity contribution in [3.05, 3.63) is 69.7 Å². The zero-order chi connectivity index (χ0) is 16.8. The van der Waals surface area contributed by atoms with Crippen LogP contribution in [0.3, 0.4) is 0 Å². The monoisotopic (exact) mass is 371 g/mol. The fraction of sp³-hybridized carbons (Fsp3) is 0.263. The van der Waals surface area contributed by atoms with Gasteiger partial charge in [-0.2, -0.15) is 5.26 Å². The molecule has 2 aromatic rings. The summed E-state index contributed by atoms with van der Waals surface area (Å²) in [7, 11) is 0. The van der Waals surface area contributed by atoms with Gasteiger partial charge >= 0.3 is 5.97 Å². The molecule has 3 nitrogen and oxygen atoms in total. The quantitative estimate of drug-likeness (QED) is 0.722. The van der Waals surface area contributed by atoms with Crippen LogP contribution in [0.2, 0.25) is 0 Å². The van der Waals surface area contributed by atoms with Crippen LogP contribution in [0, 0.1) is 24.2 Å². The van der Waals surface area contributed by atoms with Crippen LogP contribution in [0.4, 0.5) is 0 Å². The van der Waals surface area contributed by atoms with Crippen molar-refractivity contribution in [2.75, 3.05) is 6.61 Å². The number of nitriles is 1. The first-order valence-corrected chi connectivity index (χ1v) is 8.24. The molecule has 0 aromatic heterocycles. The maximum absolute atomic E-state index is 12.2. The summed E-state index contributed by atoms with van der Waals surface area (Å²) in [5.41, 5.74) is 2.97. The minimum Gasteiger partial charge on any atom is -0.465 e. The Balaban J connectivity index is 2.50. The van der Waals surface area contributed by atoms with Gasteiger partial charge in [-0.15, -0.1) is 0 Å². The highest BCUT2D eigenvalue weighted by Crippen LogP contribution is 2.33. The number of carbonyl (C=O) groups is 1. The lowest BCUT2D eigenvalue weighted by Gasteiger charge is -2.22. The van der Waals surface area contributed by atoms with E-state index in [2.05, 4.69) is 22.0 Å². The number of rotatable bonds is 5. The van der Waals surface area contributed by atoms with Gasteiger partial charge in [0.2, 0.25) is 0 Å². The number of esters is 1. The van der Waals surface area contributed by atoms with Crippen LogP contribution < -0.4 is 0 Å². The SMILES string of the molecule is CCOC(=O)C(C#N)C(c1ccc(C)cc1)c1ccc(Br)cc1. The number of hydrogen-bond acceptors (Lipinski definition) is 3. The molecule has 23 heavy (non-hydrogen) atoms. The molecule has 0 heterocycles. The average Bonchev–Trinajstić information content (AvgIpc) is 2.55. The van der Waals surface area contributed by atoms with Gasteiger partial charge in [-0.1, -0.05) is 57.9 Å². The first-order chi connectivity index (χ1) is 11.1. The molecule has 2 atom stereocenters. The Bertz CT molecular complexity index is 656. The van der Waals surface area contributed by atoms with Gasteiger partial charge in [0, 0.05) is 10.4 Å². The van der Waals surface area contributed by atoms with Crippen LogP contribution in [-0.4, -0.2) is 12.6 Å². The zero-order valence-electron chi connectivity index (χ0n) is 13.1. The van der Waals surface area contributed by atoms with E-state index in [-0.39, 0.29) is 12.5 Å². The van der Waals surface area contributed by atoms with E-state index in [9.17, 15) is 10.1 Å². The van der Waals surface area contributed by atoms with Crippen LogP contribution in [0.15, 0.2) is 53.0 Å². The van der Waals surface area contributed by atoms with E-state index in [0.717, 1.165) is 21.2 Å². The highest BCUT2D eigenvalue weighted by Gasteiger charge is 2.32. The van der Waals surface area contributed by atoms with E-state index >= 15 is 0 Å². The third-order valence-corrected chi connectivity index (χ3v) is 4.21. The van der Waals surface area contributed by atoms with Crippen LogP contribution in [0.5, 0.6) is 0 Å². The van der Waals surface area contributed by atoms with Crippen LogP contribution in [-0.2, 0) is 9.53 Å². The zero-order valence-corrected chi connectivity index (χ0v) is 14.7. The predicted octanol–water partition coefficient (Wildman–Crippen LogP) is 4.59. The normalized spacial score (nSPS) is 13.0. The molecule has 0 aliphatic carbocycles. The Morgan fingerprint density at radius 3 is 2.13 bits per heavy atom. The molecular weight excluding hydrogens is 354 g/mol. The Kier molecular flexibility index (Phi) is 5.95. The molecule has 2 aromatic carbocycles. The van der Waals surface area contributed by atoms with Crippen molar-refractivity contribution in [1.29, 1.82) is 5.26 Å². The molecule has 0 saturated heterocycles. The molecule has 0 bridgehead atoms. The summed E-state index contributed by atoms with van der Waals surface area (Å²) in [6, 6.07) is 17.7.